The molecule has 23 heavy (non-hydrogen) atoms. The standard InChI is InChI=1S/C20H18O3/c1-22-20-13-23-12-16(21)19(20)17(14-8-4-2-5-9-14)18(20)15-10-6-3-7-11-15/h2-11,19H,12-13H2,1H3. The molecule has 0 aromatic heterocycles. The molecule has 1 aliphatic carbocycles. The number of ketones is 1. The molecule has 2 aromatic rings. The van der Waals surface area contributed by atoms with Gasteiger partial charge in [0.05, 0.1) is 12.5 Å². The maximum atomic E-state index is 12.5. The molecule has 2 aromatic carbocycles. The van der Waals surface area contributed by atoms with E-state index in [-0.39, 0.29) is 18.3 Å². The highest BCUT2D eigenvalue weighted by molar-refractivity contribution is 6.14. The molecule has 1 saturated heterocycles. The van der Waals surface area contributed by atoms with E-state index in [2.05, 4.69) is 24.3 Å². The van der Waals surface area contributed by atoms with Crippen molar-refractivity contribution in [2.24, 2.45) is 5.92 Å². The van der Waals surface area contributed by atoms with Crippen LogP contribution in [0.2, 0.25) is 0 Å². The van der Waals surface area contributed by atoms with Crippen LogP contribution in [0.1, 0.15) is 11.1 Å². The van der Waals surface area contributed by atoms with Gasteiger partial charge in [0.2, 0.25) is 0 Å². The number of fused-ring (bicyclic) bond motifs is 1. The van der Waals surface area contributed by atoms with Gasteiger partial charge < -0.3 is 9.47 Å². The molecule has 4 rings (SSSR count). The SMILES string of the molecule is COC12COCC(=O)C1C(c1ccccc1)=C2c1ccccc1. The van der Waals surface area contributed by atoms with Crippen LogP contribution in [0.5, 0.6) is 0 Å². The molecule has 0 saturated carbocycles. The summed E-state index contributed by atoms with van der Waals surface area (Å²) in [6, 6.07) is 20.2. The third kappa shape index (κ3) is 2.01. The van der Waals surface area contributed by atoms with E-state index in [0.717, 1.165) is 22.3 Å². The van der Waals surface area contributed by atoms with E-state index in [9.17, 15) is 4.79 Å². The molecule has 1 fully saturated rings. The molecule has 3 nitrogen and oxygen atoms in total. The first-order valence-corrected chi connectivity index (χ1v) is 7.79. The molecule has 0 amide bonds. The van der Waals surface area contributed by atoms with E-state index in [4.69, 9.17) is 9.47 Å². The fraction of sp³-hybridized carbons (Fsp3) is 0.250. The van der Waals surface area contributed by atoms with Crippen LogP contribution in [0, 0.1) is 5.92 Å². The van der Waals surface area contributed by atoms with Gasteiger partial charge in [0, 0.05) is 7.11 Å². The molecule has 2 aliphatic rings. The second kappa shape index (κ2) is 5.44. The van der Waals surface area contributed by atoms with Gasteiger partial charge in [-0.2, -0.15) is 0 Å². The number of hydrogen-bond acceptors (Lipinski definition) is 3. The molecular weight excluding hydrogens is 288 g/mol. The zero-order chi connectivity index (χ0) is 15.9. The lowest BCUT2D eigenvalue weighted by molar-refractivity contribution is -0.152. The fourth-order valence-corrected chi connectivity index (χ4v) is 3.85. The van der Waals surface area contributed by atoms with Crippen molar-refractivity contribution in [3.05, 3.63) is 71.8 Å². The van der Waals surface area contributed by atoms with E-state index in [1.54, 1.807) is 7.11 Å². The van der Waals surface area contributed by atoms with Gasteiger partial charge in [-0.05, 0) is 22.3 Å². The molecule has 2 unspecified atom stereocenters. The number of methoxy groups -OCH3 is 1. The van der Waals surface area contributed by atoms with Crippen molar-refractivity contribution in [3.63, 3.8) is 0 Å². The Bertz CT molecular complexity index is 764. The van der Waals surface area contributed by atoms with Crippen LogP contribution >= 0.6 is 0 Å². The highest BCUT2D eigenvalue weighted by Gasteiger charge is 2.60. The molecule has 2 atom stereocenters. The van der Waals surface area contributed by atoms with Crippen molar-refractivity contribution in [3.8, 4) is 0 Å². The largest absolute Gasteiger partial charge is 0.370 e. The van der Waals surface area contributed by atoms with Crippen LogP contribution in [0.4, 0.5) is 0 Å². The predicted molar refractivity (Wildman–Crippen MR) is 88.8 cm³/mol. The Morgan fingerprint density at radius 2 is 1.61 bits per heavy atom. The summed E-state index contributed by atoms with van der Waals surface area (Å²) in [5.41, 5.74) is 3.65. The van der Waals surface area contributed by atoms with Gasteiger partial charge in [-0.3, -0.25) is 4.79 Å². The first kappa shape index (κ1) is 14.4. The molecular formula is C20H18O3. The van der Waals surface area contributed by atoms with Crippen LogP contribution < -0.4 is 0 Å². The van der Waals surface area contributed by atoms with E-state index in [1.807, 2.05) is 36.4 Å². The van der Waals surface area contributed by atoms with Crippen molar-refractivity contribution in [2.45, 2.75) is 5.60 Å². The van der Waals surface area contributed by atoms with Crippen LogP contribution in [-0.2, 0) is 14.3 Å². The Morgan fingerprint density at radius 1 is 1.00 bits per heavy atom. The predicted octanol–water partition coefficient (Wildman–Crippen LogP) is 3.21. The van der Waals surface area contributed by atoms with Crippen LogP contribution in [-0.4, -0.2) is 31.7 Å². The third-order valence-corrected chi connectivity index (χ3v) is 4.84. The van der Waals surface area contributed by atoms with E-state index >= 15 is 0 Å². The second-order valence-electron chi connectivity index (χ2n) is 6.01. The van der Waals surface area contributed by atoms with E-state index in [0.29, 0.717) is 6.61 Å². The number of carbonyl (C=O) groups excluding carboxylic acids is 1. The zero-order valence-corrected chi connectivity index (χ0v) is 13.0. The topological polar surface area (TPSA) is 35.5 Å². The van der Waals surface area contributed by atoms with Crippen LogP contribution in [0.15, 0.2) is 60.7 Å². The van der Waals surface area contributed by atoms with Gasteiger partial charge in [0.15, 0.2) is 5.78 Å². The lowest BCUT2D eigenvalue weighted by Crippen LogP contribution is -2.60. The number of rotatable bonds is 3. The first-order chi connectivity index (χ1) is 11.3. The van der Waals surface area contributed by atoms with Gasteiger partial charge in [0.25, 0.3) is 0 Å². The normalized spacial score (nSPS) is 26.7. The Labute approximate surface area is 135 Å². The summed E-state index contributed by atoms with van der Waals surface area (Å²) >= 11 is 0. The van der Waals surface area contributed by atoms with E-state index < -0.39 is 5.60 Å². The van der Waals surface area contributed by atoms with Gasteiger partial charge in [-0.25, -0.2) is 0 Å². The van der Waals surface area contributed by atoms with Crippen molar-refractivity contribution >= 4 is 16.9 Å². The third-order valence-electron chi connectivity index (χ3n) is 4.84. The number of ether oxygens (including phenoxy) is 2. The first-order valence-electron chi connectivity index (χ1n) is 7.79. The molecule has 116 valence electrons. The van der Waals surface area contributed by atoms with Gasteiger partial charge in [-0.15, -0.1) is 0 Å². The summed E-state index contributed by atoms with van der Waals surface area (Å²) in [6.45, 7) is 0.578. The van der Waals surface area contributed by atoms with Crippen molar-refractivity contribution in [2.75, 3.05) is 20.3 Å². The lowest BCUT2D eigenvalue weighted by atomic mass is 9.58. The molecule has 1 aliphatic heterocycles. The second-order valence-corrected chi connectivity index (χ2v) is 6.01. The molecule has 3 heteroatoms. The Kier molecular flexibility index (Phi) is 3.40. The summed E-state index contributed by atoms with van der Waals surface area (Å²) in [6.07, 6.45) is 0. The van der Waals surface area contributed by atoms with Crippen molar-refractivity contribution in [1.82, 2.24) is 0 Å². The monoisotopic (exact) mass is 306 g/mol. The molecule has 0 N–H and O–H groups in total. The summed E-state index contributed by atoms with van der Waals surface area (Å²) < 4.78 is 11.4. The van der Waals surface area contributed by atoms with Gasteiger partial charge in [-0.1, -0.05) is 60.7 Å². The maximum Gasteiger partial charge on any atom is 0.169 e. The summed E-state index contributed by atoms with van der Waals surface area (Å²) in [4.78, 5) is 12.5. The summed E-state index contributed by atoms with van der Waals surface area (Å²) in [5, 5.41) is 0. The maximum absolute atomic E-state index is 12.5. The van der Waals surface area contributed by atoms with Gasteiger partial charge >= 0.3 is 0 Å². The molecule has 0 radical (unpaired) electrons. The number of Topliss-reactive ketones (excluding diaryl/α,β-unsaturated/α-hetero) is 1. The Hall–Kier alpha value is -2.23. The molecule has 1 heterocycles. The van der Waals surface area contributed by atoms with Crippen molar-refractivity contribution in [1.29, 1.82) is 0 Å². The van der Waals surface area contributed by atoms with Gasteiger partial charge in [0.1, 0.15) is 12.2 Å². The Morgan fingerprint density at radius 3 is 2.22 bits per heavy atom. The smallest absolute Gasteiger partial charge is 0.169 e. The van der Waals surface area contributed by atoms with Crippen molar-refractivity contribution < 1.29 is 14.3 Å². The number of hydrogen-bond donors (Lipinski definition) is 0. The van der Waals surface area contributed by atoms with Crippen LogP contribution in [0.3, 0.4) is 0 Å². The number of carbonyl (C=O) groups is 1. The highest BCUT2D eigenvalue weighted by atomic mass is 16.5. The average Bonchev–Trinajstić information content (AvgIpc) is 2.58. The number of benzene rings is 2. The molecule has 0 bridgehead atoms. The van der Waals surface area contributed by atoms with Crippen LogP contribution in [0.25, 0.3) is 11.1 Å². The lowest BCUT2D eigenvalue weighted by Gasteiger charge is -2.53. The minimum atomic E-state index is -0.665. The fourth-order valence-electron chi connectivity index (χ4n) is 3.85. The minimum Gasteiger partial charge on any atom is -0.370 e. The highest BCUT2D eigenvalue weighted by Crippen LogP contribution is 2.57. The Balaban J connectivity index is 1.97. The summed E-state index contributed by atoms with van der Waals surface area (Å²) in [5.74, 6) is -0.157. The molecule has 0 spiro atoms. The summed E-state index contributed by atoms with van der Waals surface area (Å²) in [7, 11) is 1.67. The average molecular weight is 306 g/mol. The van der Waals surface area contributed by atoms with E-state index in [1.165, 1.54) is 0 Å². The zero-order valence-electron chi connectivity index (χ0n) is 13.0. The minimum absolute atomic E-state index is 0.0941. The quantitative estimate of drug-likeness (QED) is 0.873.